The molecule has 1 spiro atoms. The van der Waals surface area contributed by atoms with Crippen LogP contribution in [0.15, 0.2) is 61.1 Å². The van der Waals surface area contributed by atoms with E-state index in [1.807, 2.05) is 36.7 Å². The van der Waals surface area contributed by atoms with Crippen molar-refractivity contribution in [2.24, 2.45) is 0 Å². The van der Waals surface area contributed by atoms with Crippen LogP contribution in [0.5, 0.6) is 0 Å². The number of sulfonamides is 1. The van der Waals surface area contributed by atoms with E-state index < -0.39 is 52.0 Å². The van der Waals surface area contributed by atoms with Crippen molar-refractivity contribution >= 4 is 27.9 Å². The molecule has 0 radical (unpaired) electrons. The Morgan fingerprint density at radius 3 is 1.63 bits per heavy atom. The number of nitrogens with zero attached hydrogens (tertiary/aromatic N) is 5. The van der Waals surface area contributed by atoms with Crippen LogP contribution in [0.4, 0.5) is 39.5 Å². The number of halogens is 9. The van der Waals surface area contributed by atoms with Crippen LogP contribution in [0.2, 0.25) is 0 Å². The van der Waals surface area contributed by atoms with Gasteiger partial charge in [0.05, 0.1) is 23.7 Å². The number of carbonyl (C=O) groups is 3. The highest BCUT2D eigenvalue weighted by Gasteiger charge is 2.51. The van der Waals surface area contributed by atoms with Gasteiger partial charge in [-0.2, -0.15) is 43.8 Å². The Hall–Kier alpha value is -4.77. The van der Waals surface area contributed by atoms with Gasteiger partial charge >= 0.3 is 36.4 Å². The highest BCUT2D eigenvalue weighted by molar-refractivity contribution is 7.88. The molecule has 0 atom stereocenters. The molecule has 288 valence electrons. The number of aliphatic carboxylic acids is 3. The fraction of sp³-hybridized carbons (Fsp3) is 0.414. The number of imidazole rings is 1. The second kappa shape index (κ2) is 17.2. The van der Waals surface area contributed by atoms with Crippen LogP contribution in [0.1, 0.15) is 24.2 Å². The highest BCUT2D eigenvalue weighted by Crippen LogP contribution is 2.43. The normalized spacial score (nSPS) is 16.1. The molecule has 2 aromatic heterocycles. The van der Waals surface area contributed by atoms with Crippen LogP contribution in [-0.2, 0) is 43.0 Å². The summed E-state index contributed by atoms with van der Waals surface area (Å²) in [6.07, 6.45) is -6.89. The molecule has 1 saturated heterocycles. The summed E-state index contributed by atoms with van der Waals surface area (Å²) in [5.41, 5.74) is 2.75. The minimum absolute atomic E-state index is 0.477. The van der Waals surface area contributed by atoms with E-state index in [4.69, 9.17) is 34.7 Å². The molecule has 1 fully saturated rings. The molecule has 0 aliphatic carbocycles. The summed E-state index contributed by atoms with van der Waals surface area (Å²) >= 11 is 0. The molecule has 5 rings (SSSR count). The third kappa shape index (κ3) is 12.2. The maximum Gasteiger partial charge on any atom is 0.490 e. The molecule has 23 heteroatoms. The zero-order valence-corrected chi connectivity index (χ0v) is 27.5. The van der Waals surface area contributed by atoms with Crippen LogP contribution in [-0.4, -0.2) is 110 Å². The van der Waals surface area contributed by atoms with Crippen molar-refractivity contribution in [3.8, 4) is 11.3 Å². The Labute approximate surface area is 289 Å². The van der Waals surface area contributed by atoms with Gasteiger partial charge in [0.25, 0.3) is 0 Å². The van der Waals surface area contributed by atoms with Gasteiger partial charge in [-0.3, -0.25) is 9.88 Å². The van der Waals surface area contributed by atoms with Gasteiger partial charge in [-0.15, -0.1) is 0 Å². The number of hydrogen-bond acceptors (Lipinski definition) is 8. The van der Waals surface area contributed by atoms with E-state index >= 15 is 0 Å². The predicted molar refractivity (Wildman–Crippen MR) is 161 cm³/mol. The van der Waals surface area contributed by atoms with Crippen LogP contribution in [0.3, 0.4) is 0 Å². The average molecular weight is 780 g/mol. The number of alkyl halides is 9. The number of rotatable bonds is 4. The van der Waals surface area contributed by atoms with Crippen molar-refractivity contribution < 1.29 is 77.6 Å². The van der Waals surface area contributed by atoms with Crippen molar-refractivity contribution in [3.05, 3.63) is 72.4 Å². The number of carboxylic acid groups (broad SMARTS) is 3. The van der Waals surface area contributed by atoms with Gasteiger partial charge in [0.2, 0.25) is 10.0 Å². The summed E-state index contributed by atoms with van der Waals surface area (Å²) in [7, 11) is -3.36. The molecule has 0 saturated carbocycles. The number of piperidine rings is 1. The van der Waals surface area contributed by atoms with Crippen LogP contribution in [0.25, 0.3) is 11.3 Å². The predicted octanol–water partition coefficient (Wildman–Crippen LogP) is 4.61. The molecular weight excluding hydrogens is 749 g/mol. The Balaban J connectivity index is 0.000000365. The van der Waals surface area contributed by atoms with Gasteiger partial charge in [0.15, 0.2) is 0 Å². The van der Waals surface area contributed by atoms with E-state index in [9.17, 15) is 47.9 Å². The molecule has 0 amide bonds. The highest BCUT2D eigenvalue weighted by atomic mass is 32.2. The number of carboxylic acids is 3. The number of fused-ring (bicyclic) bond motifs is 2. The molecule has 2 aliphatic heterocycles. The largest absolute Gasteiger partial charge is 0.490 e. The molecule has 0 bridgehead atoms. The molecular formula is C29H30F9N5O8S. The van der Waals surface area contributed by atoms with Crippen molar-refractivity contribution in [3.63, 3.8) is 0 Å². The number of pyridine rings is 1. The van der Waals surface area contributed by atoms with E-state index in [1.165, 1.54) is 11.8 Å². The van der Waals surface area contributed by atoms with E-state index in [0.29, 0.717) is 13.1 Å². The van der Waals surface area contributed by atoms with Gasteiger partial charge in [-0.1, -0.05) is 36.4 Å². The van der Waals surface area contributed by atoms with Crippen LogP contribution in [0, 0.1) is 0 Å². The summed E-state index contributed by atoms with van der Waals surface area (Å²) in [5, 5.41) is 21.4. The van der Waals surface area contributed by atoms with Gasteiger partial charge in [0.1, 0.15) is 5.82 Å². The average Bonchev–Trinajstić information content (AvgIpc) is 3.48. The Bertz CT molecular complexity index is 1700. The first-order chi connectivity index (χ1) is 23.8. The monoisotopic (exact) mass is 779 g/mol. The van der Waals surface area contributed by atoms with Crippen molar-refractivity contribution in [1.82, 2.24) is 23.7 Å². The topological polar surface area (TPSA) is 183 Å². The van der Waals surface area contributed by atoms with Gasteiger partial charge in [-0.25, -0.2) is 27.8 Å². The molecule has 2 aliphatic rings. The van der Waals surface area contributed by atoms with E-state index in [-0.39, 0.29) is 0 Å². The van der Waals surface area contributed by atoms with Crippen molar-refractivity contribution in [2.75, 3.05) is 25.9 Å². The van der Waals surface area contributed by atoms with Gasteiger partial charge in [-0.05, 0) is 30.0 Å². The number of aromatic nitrogens is 3. The lowest BCUT2D eigenvalue weighted by atomic mass is 9.85. The first-order valence-electron chi connectivity index (χ1n) is 14.4. The van der Waals surface area contributed by atoms with Crippen LogP contribution < -0.4 is 0 Å². The summed E-state index contributed by atoms with van der Waals surface area (Å²) < 4.78 is 125. The zero-order chi connectivity index (χ0) is 39.7. The first kappa shape index (κ1) is 43.4. The third-order valence-corrected chi connectivity index (χ3v) is 8.62. The second-order valence-corrected chi connectivity index (χ2v) is 12.8. The van der Waals surface area contributed by atoms with E-state index in [2.05, 4.69) is 32.7 Å². The van der Waals surface area contributed by atoms with E-state index in [1.54, 1.807) is 10.5 Å². The number of hydrogen-bond donors (Lipinski definition) is 3. The summed E-state index contributed by atoms with van der Waals surface area (Å²) in [5.74, 6) is -7.39. The zero-order valence-electron chi connectivity index (χ0n) is 26.7. The summed E-state index contributed by atoms with van der Waals surface area (Å²) in [6.45, 7) is 3.55. The molecule has 13 nitrogen and oxygen atoms in total. The Morgan fingerprint density at radius 2 is 1.23 bits per heavy atom. The lowest BCUT2D eigenvalue weighted by Crippen LogP contribution is -2.59. The molecule has 3 N–H and O–H groups in total. The summed E-state index contributed by atoms with van der Waals surface area (Å²) in [6, 6.07) is 14.2. The van der Waals surface area contributed by atoms with E-state index in [0.717, 1.165) is 49.6 Å². The molecule has 4 heterocycles. The van der Waals surface area contributed by atoms with Gasteiger partial charge < -0.3 is 19.9 Å². The van der Waals surface area contributed by atoms with Crippen molar-refractivity contribution in [2.45, 2.75) is 50.0 Å². The van der Waals surface area contributed by atoms with Gasteiger partial charge in [0, 0.05) is 45.1 Å². The first-order valence-corrected chi connectivity index (χ1v) is 16.3. The third-order valence-electron chi connectivity index (χ3n) is 7.29. The smallest absolute Gasteiger partial charge is 0.475 e. The minimum Gasteiger partial charge on any atom is -0.475 e. The molecule has 3 aromatic rings. The quantitative estimate of drug-likeness (QED) is 0.315. The maximum absolute atomic E-state index is 12.8. The lowest BCUT2D eigenvalue weighted by molar-refractivity contribution is -0.193. The SMILES string of the molecule is CS(=O)(=O)N1CCn2c(-c3ccccc3)cnc2C12CCN(Cc1cccnc1)CC2.O=C(O)C(F)(F)F.O=C(O)C(F)(F)F.O=C(O)C(F)(F)F. The fourth-order valence-corrected chi connectivity index (χ4v) is 6.43. The number of likely N-dealkylation sites (tertiary alicyclic amines) is 1. The Morgan fingerprint density at radius 1 is 0.750 bits per heavy atom. The lowest BCUT2D eigenvalue weighted by Gasteiger charge is -2.49. The fourth-order valence-electron chi connectivity index (χ4n) is 5.12. The van der Waals surface area contributed by atoms with Crippen molar-refractivity contribution in [1.29, 1.82) is 0 Å². The molecule has 1 aromatic carbocycles. The standard InChI is InChI=1S/C23H27N5O2S.3C2HF3O2/c1-31(29,30)28-15-14-27-21(20-7-3-2-4-8-20)17-25-22(27)23(28)9-12-26(13-10-23)18-19-6-5-11-24-16-19;3*3-2(4,5)1(6)7/h2-8,11,16-17H,9-10,12-15,18H2,1H3;3*(H,6,7). The molecule has 52 heavy (non-hydrogen) atoms. The minimum atomic E-state index is -5.08. The maximum atomic E-state index is 12.8. The summed E-state index contributed by atoms with van der Waals surface area (Å²) in [4.78, 5) is 38.1. The second-order valence-electron chi connectivity index (χ2n) is 10.9. The Kier molecular flexibility index (Phi) is 14.3. The number of benzene rings is 1. The molecule has 0 unspecified atom stereocenters. The van der Waals surface area contributed by atoms with Crippen LogP contribution >= 0.6 is 0 Å².